The van der Waals surface area contributed by atoms with Crippen LogP contribution < -0.4 is 10.6 Å². The molecule has 0 fully saturated rings. The molecule has 3 rings (SSSR count). The molecule has 0 aliphatic rings. The summed E-state index contributed by atoms with van der Waals surface area (Å²) in [5, 5.41) is 9.48. The molecule has 1 aromatic carbocycles. The maximum absolute atomic E-state index is 12.2. The molecular weight excluding hydrogens is 332 g/mol. The van der Waals surface area contributed by atoms with E-state index in [9.17, 15) is 9.59 Å². The fraction of sp³-hybridized carbons (Fsp3) is 0.278. The summed E-state index contributed by atoms with van der Waals surface area (Å²) in [6.07, 6.45) is 1.60. The van der Waals surface area contributed by atoms with E-state index in [2.05, 4.69) is 25.7 Å². The zero-order chi connectivity index (χ0) is 18.8. The third-order valence-corrected chi connectivity index (χ3v) is 3.98. The van der Waals surface area contributed by atoms with Crippen LogP contribution in [0.4, 0.5) is 5.69 Å². The van der Waals surface area contributed by atoms with Crippen LogP contribution in [-0.2, 0) is 4.79 Å². The minimum absolute atomic E-state index is 0.0257. The van der Waals surface area contributed by atoms with Gasteiger partial charge in [-0.1, -0.05) is 17.7 Å². The first-order valence-electron chi connectivity index (χ1n) is 8.19. The molecule has 26 heavy (non-hydrogen) atoms. The lowest BCUT2D eigenvalue weighted by atomic mass is 10.1. The minimum atomic E-state index is -0.526. The van der Waals surface area contributed by atoms with Gasteiger partial charge in [-0.05, 0) is 44.9 Å². The van der Waals surface area contributed by atoms with Crippen molar-refractivity contribution in [2.75, 3.05) is 11.9 Å². The van der Waals surface area contributed by atoms with E-state index in [4.69, 9.17) is 0 Å². The number of hydrogen-bond acceptors (Lipinski definition) is 5. The Kier molecular flexibility index (Phi) is 4.66. The summed E-state index contributed by atoms with van der Waals surface area (Å²) in [7, 11) is 0. The topological polar surface area (TPSA) is 101 Å². The number of nitrogens with one attached hydrogen (secondary N) is 2. The lowest BCUT2D eigenvalue weighted by molar-refractivity contribution is -0.115. The van der Waals surface area contributed by atoms with Gasteiger partial charge in [0.05, 0.1) is 6.54 Å². The first-order valence-corrected chi connectivity index (χ1v) is 8.19. The molecular formula is C18H20N6O2. The maximum Gasteiger partial charge on any atom is 0.291 e. The van der Waals surface area contributed by atoms with Crippen molar-refractivity contribution in [1.29, 1.82) is 0 Å². The van der Waals surface area contributed by atoms with Crippen molar-refractivity contribution in [2.45, 2.75) is 27.7 Å². The van der Waals surface area contributed by atoms with Gasteiger partial charge in [-0.15, -0.1) is 5.10 Å². The van der Waals surface area contributed by atoms with Gasteiger partial charge in [-0.25, -0.2) is 9.50 Å². The second-order valence-electron chi connectivity index (χ2n) is 6.24. The van der Waals surface area contributed by atoms with Gasteiger partial charge >= 0.3 is 0 Å². The number of hydrogen-bond donors (Lipinski definition) is 2. The van der Waals surface area contributed by atoms with Crippen molar-refractivity contribution < 1.29 is 9.59 Å². The SMILES string of the molecule is Cc1cc(C)c(NC(=O)CNC(=O)c2nc3nccc(C)n3n2)c(C)c1. The molecule has 8 heteroatoms. The van der Waals surface area contributed by atoms with Crippen LogP contribution in [0.1, 0.15) is 33.0 Å². The number of aryl methyl sites for hydroxylation is 4. The number of nitrogens with zero attached hydrogens (tertiary/aromatic N) is 4. The van der Waals surface area contributed by atoms with Crippen molar-refractivity contribution in [1.82, 2.24) is 24.9 Å². The lowest BCUT2D eigenvalue weighted by Crippen LogP contribution is -2.33. The van der Waals surface area contributed by atoms with Crippen LogP contribution in [0.25, 0.3) is 5.78 Å². The largest absolute Gasteiger partial charge is 0.340 e. The van der Waals surface area contributed by atoms with Crippen molar-refractivity contribution in [3.63, 3.8) is 0 Å². The average molecular weight is 352 g/mol. The molecule has 0 saturated heterocycles. The zero-order valence-corrected chi connectivity index (χ0v) is 15.1. The monoisotopic (exact) mass is 352 g/mol. The molecule has 0 aliphatic carbocycles. The summed E-state index contributed by atoms with van der Waals surface area (Å²) < 4.78 is 1.48. The van der Waals surface area contributed by atoms with Gasteiger partial charge in [0, 0.05) is 17.6 Å². The molecule has 2 N–H and O–H groups in total. The van der Waals surface area contributed by atoms with Gasteiger partial charge in [0.1, 0.15) is 0 Å². The van der Waals surface area contributed by atoms with Crippen LogP contribution >= 0.6 is 0 Å². The Hall–Kier alpha value is -3.29. The number of carbonyl (C=O) groups excluding carboxylic acids is 2. The normalized spacial score (nSPS) is 10.8. The molecule has 3 aromatic rings. The number of carbonyl (C=O) groups is 2. The number of fused-ring (bicyclic) bond motifs is 1. The minimum Gasteiger partial charge on any atom is -0.340 e. The molecule has 0 aliphatic heterocycles. The lowest BCUT2D eigenvalue weighted by Gasteiger charge is -2.13. The quantitative estimate of drug-likeness (QED) is 0.744. The molecule has 2 heterocycles. The highest BCUT2D eigenvalue weighted by Crippen LogP contribution is 2.21. The Bertz CT molecular complexity index is 985. The van der Waals surface area contributed by atoms with Gasteiger partial charge < -0.3 is 10.6 Å². The van der Waals surface area contributed by atoms with Crippen LogP contribution in [0.5, 0.6) is 0 Å². The molecule has 0 saturated carbocycles. The maximum atomic E-state index is 12.2. The fourth-order valence-corrected chi connectivity index (χ4v) is 2.80. The van der Waals surface area contributed by atoms with Crippen molar-refractivity contribution in [3.05, 3.63) is 52.6 Å². The highest BCUT2D eigenvalue weighted by molar-refractivity contribution is 5.98. The van der Waals surface area contributed by atoms with E-state index >= 15 is 0 Å². The molecule has 0 spiro atoms. The van der Waals surface area contributed by atoms with Crippen LogP contribution in [0.3, 0.4) is 0 Å². The van der Waals surface area contributed by atoms with Gasteiger partial charge in [0.15, 0.2) is 0 Å². The Morgan fingerprint density at radius 1 is 1.12 bits per heavy atom. The van der Waals surface area contributed by atoms with Gasteiger partial charge in [0.25, 0.3) is 11.7 Å². The summed E-state index contributed by atoms with van der Waals surface area (Å²) >= 11 is 0. The second-order valence-corrected chi connectivity index (χ2v) is 6.24. The Balaban J connectivity index is 1.65. The van der Waals surface area contributed by atoms with Crippen LogP contribution in [0.15, 0.2) is 24.4 Å². The highest BCUT2D eigenvalue weighted by Gasteiger charge is 2.16. The third-order valence-electron chi connectivity index (χ3n) is 3.98. The van der Waals surface area contributed by atoms with Crippen LogP contribution in [0.2, 0.25) is 0 Å². The summed E-state index contributed by atoms with van der Waals surface area (Å²) in [6, 6.07) is 5.76. The summed E-state index contributed by atoms with van der Waals surface area (Å²) in [5.41, 5.74) is 4.66. The van der Waals surface area contributed by atoms with Gasteiger partial charge in [-0.2, -0.15) is 4.98 Å². The Labute approximate surface area is 150 Å². The Morgan fingerprint density at radius 2 is 1.81 bits per heavy atom. The van der Waals surface area contributed by atoms with Crippen LogP contribution in [0, 0.1) is 27.7 Å². The molecule has 2 amide bonds. The number of aromatic nitrogens is 4. The van der Waals surface area contributed by atoms with E-state index in [0.717, 1.165) is 28.1 Å². The third kappa shape index (κ3) is 3.53. The summed E-state index contributed by atoms with van der Waals surface area (Å²) in [6.45, 7) is 7.54. The first kappa shape index (κ1) is 17.5. The van der Waals surface area contributed by atoms with E-state index < -0.39 is 5.91 Å². The smallest absolute Gasteiger partial charge is 0.291 e. The van der Waals surface area contributed by atoms with Crippen molar-refractivity contribution in [3.8, 4) is 0 Å². The van der Waals surface area contributed by atoms with E-state index in [1.165, 1.54) is 4.52 Å². The molecule has 0 radical (unpaired) electrons. The van der Waals surface area contributed by atoms with E-state index in [1.54, 1.807) is 12.3 Å². The highest BCUT2D eigenvalue weighted by atomic mass is 16.2. The molecule has 2 aromatic heterocycles. The molecule has 0 atom stereocenters. The van der Waals surface area contributed by atoms with E-state index in [1.807, 2.05) is 39.8 Å². The molecule has 0 bridgehead atoms. The number of amides is 2. The molecule has 134 valence electrons. The van der Waals surface area contributed by atoms with E-state index in [0.29, 0.717) is 5.78 Å². The summed E-state index contributed by atoms with van der Waals surface area (Å²) in [5.74, 6) is -0.526. The number of rotatable bonds is 4. The average Bonchev–Trinajstić information content (AvgIpc) is 3.01. The van der Waals surface area contributed by atoms with Crippen molar-refractivity contribution in [2.24, 2.45) is 0 Å². The van der Waals surface area contributed by atoms with Crippen LogP contribution in [-0.4, -0.2) is 37.9 Å². The predicted molar refractivity (Wildman–Crippen MR) is 97.1 cm³/mol. The van der Waals surface area contributed by atoms with Gasteiger partial charge in [0.2, 0.25) is 11.7 Å². The number of benzene rings is 1. The Morgan fingerprint density at radius 3 is 2.46 bits per heavy atom. The first-order chi connectivity index (χ1) is 12.3. The second kappa shape index (κ2) is 6.91. The zero-order valence-electron chi connectivity index (χ0n) is 15.1. The standard InChI is InChI=1S/C18H20N6O2/c1-10-7-11(2)15(12(3)8-10)21-14(25)9-20-17(26)16-22-18-19-6-5-13(4)24(18)23-16/h5-8H,9H2,1-4H3,(H,20,26)(H,21,25). The van der Waals surface area contributed by atoms with Gasteiger partial charge in [-0.3, -0.25) is 9.59 Å². The fourth-order valence-electron chi connectivity index (χ4n) is 2.80. The van der Waals surface area contributed by atoms with Crippen molar-refractivity contribution >= 4 is 23.3 Å². The number of anilines is 1. The van der Waals surface area contributed by atoms with E-state index in [-0.39, 0.29) is 18.3 Å². The molecule has 0 unspecified atom stereocenters. The summed E-state index contributed by atoms with van der Waals surface area (Å²) in [4.78, 5) is 32.5. The molecule has 8 nitrogen and oxygen atoms in total. The predicted octanol–water partition coefficient (Wildman–Crippen LogP) is 1.73.